The molecule has 0 amide bonds. The molecule has 0 bridgehead atoms. The van der Waals surface area contributed by atoms with Crippen LogP contribution in [-0.2, 0) is 5.41 Å². The number of aryl methyl sites for hydroxylation is 1. The molecule has 0 aliphatic heterocycles. The van der Waals surface area contributed by atoms with Gasteiger partial charge in [-0.2, -0.15) is 0 Å². The van der Waals surface area contributed by atoms with Gasteiger partial charge in [-0.25, -0.2) is 0 Å². The Labute approximate surface area is 481 Å². The molecule has 1 aliphatic carbocycles. The zero-order chi connectivity index (χ0) is 54.8. The summed E-state index contributed by atoms with van der Waals surface area (Å²) in [5, 5.41) is 0. The normalized spacial score (nSPS) is 12.1. The third kappa shape index (κ3) is 8.97. The van der Waals surface area contributed by atoms with Crippen molar-refractivity contribution in [3.8, 4) is 66.8 Å². The Hall–Kier alpha value is -10.5. The number of fused-ring (bicyclic) bond motifs is 3. The number of rotatable bonds is 13. The highest BCUT2D eigenvalue weighted by Gasteiger charge is 2.47. The van der Waals surface area contributed by atoms with E-state index in [9.17, 15) is 0 Å². The first-order valence-electron chi connectivity index (χ1n) is 28.3. The molecule has 0 atom stereocenters. The third-order valence-electron chi connectivity index (χ3n) is 16.5. The third-order valence-corrected chi connectivity index (χ3v) is 16.5. The van der Waals surface area contributed by atoms with E-state index in [-0.39, 0.29) is 0 Å². The summed E-state index contributed by atoms with van der Waals surface area (Å²) in [5.74, 6) is 0. The van der Waals surface area contributed by atoms with E-state index < -0.39 is 5.41 Å². The van der Waals surface area contributed by atoms with Gasteiger partial charge in [0, 0.05) is 34.1 Å². The summed E-state index contributed by atoms with van der Waals surface area (Å²) in [6.07, 6.45) is 0. The van der Waals surface area contributed by atoms with Gasteiger partial charge in [0.1, 0.15) is 0 Å². The van der Waals surface area contributed by atoms with Crippen molar-refractivity contribution in [2.75, 3.05) is 9.80 Å². The maximum atomic E-state index is 2.46. The van der Waals surface area contributed by atoms with Crippen LogP contribution in [0.1, 0.15) is 27.8 Å². The summed E-state index contributed by atoms with van der Waals surface area (Å²) in [4.78, 5) is 4.75. The van der Waals surface area contributed by atoms with Gasteiger partial charge < -0.3 is 9.80 Å². The fourth-order valence-corrected chi connectivity index (χ4v) is 12.7. The van der Waals surface area contributed by atoms with Gasteiger partial charge in [-0.1, -0.05) is 249 Å². The van der Waals surface area contributed by atoms with Crippen LogP contribution in [0.25, 0.3) is 66.8 Å². The van der Waals surface area contributed by atoms with Gasteiger partial charge >= 0.3 is 0 Å². The van der Waals surface area contributed by atoms with Crippen LogP contribution >= 0.6 is 0 Å². The second-order valence-corrected chi connectivity index (χ2v) is 21.2. The summed E-state index contributed by atoms with van der Waals surface area (Å²) in [5.41, 5.74) is 26.6. The molecular formula is C80H58N2. The van der Waals surface area contributed by atoms with Crippen LogP contribution in [0.2, 0.25) is 0 Å². The van der Waals surface area contributed by atoms with E-state index in [2.05, 4.69) is 350 Å². The van der Waals surface area contributed by atoms with Gasteiger partial charge in [0.2, 0.25) is 0 Å². The molecule has 0 saturated carbocycles. The van der Waals surface area contributed by atoms with Crippen LogP contribution in [0, 0.1) is 6.92 Å². The summed E-state index contributed by atoms with van der Waals surface area (Å²) >= 11 is 0. The average molecular weight is 1050 g/mol. The molecule has 0 N–H and O–H groups in total. The molecule has 13 aromatic rings. The van der Waals surface area contributed by atoms with E-state index in [0.29, 0.717) is 0 Å². The van der Waals surface area contributed by atoms with Crippen molar-refractivity contribution in [1.29, 1.82) is 0 Å². The van der Waals surface area contributed by atoms with Crippen LogP contribution in [0.5, 0.6) is 0 Å². The summed E-state index contributed by atoms with van der Waals surface area (Å²) in [6.45, 7) is 2.25. The SMILES string of the molecule is Cc1cccc2c1-c1ccc(N(c3ccccc3)c3ccc(-c4cc(-c5ccccc5)c(-c5ccc(N(c6ccccc6)c6ccc(-c7ccccc7)cc6)cc5)cc4-c4ccccc4)cc3)cc1C2(c1ccccc1)c1ccccc1. The minimum atomic E-state index is -0.529. The highest BCUT2D eigenvalue weighted by Crippen LogP contribution is 2.58. The topological polar surface area (TPSA) is 6.48 Å². The Balaban J connectivity index is 0.884. The summed E-state index contributed by atoms with van der Waals surface area (Å²) < 4.78 is 0. The first kappa shape index (κ1) is 49.7. The number of benzene rings is 13. The zero-order valence-electron chi connectivity index (χ0n) is 45.6. The van der Waals surface area contributed by atoms with E-state index in [1.54, 1.807) is 0 Å². The van der Waals surface area contributed by atoms with Gasteiger partial charge in [0.25, 0.3) is 0 Å². The Morgan fingerprint density at radius 2 is 0.537 bits per heavy atom. The number of hydrogen-bond acceptors (Lipinski definition) is 2. The lowest BCUT2D eigenvalue weighted by Crippen LogP contribution is -2.28. The molecule has 13 aromatic carbocycles. The van der Waals surface area contributed by atoms with E-state index >= 15 is 0 Å². The quantitative estimate of drug-likeness (QED) is 0.114. The van der Waals surface area contributed by atoms with Crippen molar-refractivity contribution in [2.45, 2.75) is 12.3 Å². The molecular weight excluding hydrogens is 989 g/mol. The number of nitrogens with zero attached hydrogens (tertiary/aromatic N) is 2. The highest BCUT2D eigenvalue weighted by atomic mass is 15.1. The van der Waals surface area contributed by atoms with Gasteiger partial charge in [-0.3, -0.25) is 0 Å². The number of anilines is 6. The lowest BCUT2D eigenvalue weighted by molar-refractivity contribution is 0.768. The van der Waals surface area contributed by atoms with E-state index in [4.69, 9.17) is 0 Å². The fraction of sp³-hybridized carbons (Fsp3) is 0.0250. The molecule has 0 fully saturated rings. The van der Waals surface area contributed by atoms with Crippen molar-refractivity contribution < 1.29 is 0 Å². The molecule has 1 aliphatic rings. The van der Waals surface area contributed by atoms with Gasteiger partial charge in [0.05, 0.1) is 5.41 Å². The maximum absolute atomic E-state index is 2.46. The zero-order valence-corrected chi connectivity index (χ0v) is 45.6. The lowest BCUT2D eigenvalue weighted by Gasteiger charge is -2.35. The molecule has 2 heteroatoms. The van der Waals surface area contributed by atoms with Crippen molar-refractivity contribution in [2.24, 2.45) is 0 Å². The molecule has 0 spiro atoms. The highest BCUT2D eigenvalue weighted by molar-refractivity contribution is 5.97. The number of hydrogen-bond donors (Lipinski definition) is 0. The van der Waals surface area contributed by atoms with Crippen molar-refractivity contribution >= 4 is 34.1 Å². The first-order chi connectivity index (χ1) is 40.6. The molecule has 14 rings (SSSR count). The minimum Gasteiger partial charge on any atom is -0.311 e. The monoisotopic (exact) mass is 1050 g/mol. The van der Waals surface area contributed by atoms with Crippen molar-refractivity contribution in [3.05, 3.63) is 361 Å². The molecule has 0 saturated heterocycles. The molecule has 388 valence electrons. The number of para-hydroxylation sites is 2. The van der Waals surface area contributed by atoms with Gasteiger partial charge in [-0.05, 0) is 186 Å². The van der Waals surface area contributed by atoms with E-state index in [0.717, 1.165) is 56.4 Å². The summed E-state index contributed by atoms with van der Waals surface area (Å²) in [7, 11) is 0. The van der Waals surface area contributed by atoms with Crippen LogP contribution < -0.4 is 9.80 Å². The van der Waals surface area contributed by atoms with Crippen molar-refractivity contribution in [3.63, 3.8) is 0 Å². The van der Waals surface area contributed by atoms with Crippen molar-refractivity contribution in [1.82, 2.24) is 0 Å². The Morgan fingerprint density at radius 3 is 0.963 bits per heavy atom. The predicted molar refractivity (Wildman–Crippen MR) is 345 cm³/mol. The largest absolute Gasteiger partial charge is 0.311 e. The average Bonchev–Trinajstić information content (AvgIpc) is 3.68. The molecule has 0 radical (unpaired) electrons. The first-order valence-corrected chi connectivity index (χ1v) is 28.3. The van der Waals surface area contributed by atoms with Crippen LogP contribution in [0.4, 0.5) is 34.1 Å². The second kappa shape index (κ2) is 21.6. The minimum absolute atomic E-state index is 0.529. The van der Waals surface area contributed by atoms with Crippen LogP contribution in [-0.4, -0.2) is 0 Å². The molecule has 0 heterocycles. The smallest absolute Gasteiger partial charge is 0.0714 e. The summed E-state index contributed by atoms with van der Waals surface area (Å²) in [6, 6.07) is 122. The second-order valence-electron chi connectivity index (χ2n) is 21.2. The van der Waals surface area contributed by atoms with Crippen LogP contribution in [0.3, 0.4) is 0 Å². The molecule has 82 heavy (non-hydrogen) atoms. The molecule has 2 nitrogen and oxygen atoms in total. The molecule has 0 aromatic heterocycles. The Morgan fingerprint density at radius 1 is 0.220 bits per heavy atom. The predicted octanol–water partition coefficient (Wildman–Crippen LogP) is 21.6. The van der Waals surface area contributed by atoms with E-state index in [1.807, 2.05) is 0 Å². The van der Waals surface area contributed by atoms with Gasteiger partial charge in [0.15, 0.2) is 0 Å². The van der Waals surface area contributed by atoms with Gasteiger partial charge in [-0.15, -0.1) is 0 Å². The van der Waals surface area contributed by atoms with E-state index in [1.165, 1.54) is 72.3 Å². The maximum Gasteiger partial charge on any atom is 0.0714 e. The fourth-order valence-electron chi connectivity index (χ4n) is 12.7. The standard InChI is InChI=1S/C80H58N2/c1-57-24-23-39-77-79(57)72-53-52-71(54-78(72)80(77,64-31-15-5-16-32-64)65-33-17-6-18-34-65)82(67-37-21-8-22-38-67)70-50-44-63(45-51-70)76-56-73(60-27-11-3-12-28-60)75(55-74(76)61-29-13-4-14-30-61)62-42-48-69(49-43-62)81(66-35-19-7-20-36-66)68-46-40-59(41-47-68)58-25-9-2-10-26-58/h2-56H,1H3. The molecule has 0 unspecified atom stereocenters. The Kier molecular flexibility index (Phi) is 13.1. The lowest BCUT2D eigenvalue weighted by atomic mass is 9.67. The van der Waals surface area contributed by atoms with Crippen LogP contribution in [0.15, 0.2) is 334 Å². The Bertz CT molecular complexity index is 4280.